The van der Waals surface area contributed by atoms with Gasteiger partial charge in [0.25, 0.3) is 0 Å². The highest BCUT2D eigenvalue weighted by atomic mass is 16.5. The van der Waals surface area contributed by atoms with Gasteiger partial charge in [-0.1, -0.05) is 12.7 Å². The van der Waals surface area contributed by atoms with Crippen molar-refractivity contribution in [1.82, 2.24) is 0 Å². The van der Waals surface area contributed by atoms with E-state index in [4.69, 9.17) is 6.57 Å². The molecule has 3 nitrogen and oxygen atoms in total. The van der Waals surface area contributed by atoms with Gasteiger partial charge in [-0.15, -0.1) is 0 Å². The smallest absolute Gasteiger partial charge is 0.319 e. The van der Waals surface area contributed by atoms with Gasteiger partial charge in [0.1, 0.15) is 6.61 Å². The van der Waals surface area contributed by atoms with Crippen molar-refractivity contribution in [1.29, 1.82) is 0 Å². The SMILES string of the molecule is [C-]#[N+]C=CC(=O)OCC=C. The molecule has 0 aliphatic carbocycles. The molecule has 0 N–H and O–H groups in total. The summed E-state index contributed by atoms with van der Waals surface area (Å²) in [6.45, 7) is 9.82. The first-order valence-corrected chi connectivity index (χ1v) is 2.62. The Balaban J connectivity index is 3.55. The average molecular weight is 137 g/mol. The molecule has 10 heavy (non-hydrogen) atoms. The third-order valence-corrected chi connectivity index (χ3v) is 0.629. The summed E-state index contributed by atoms with van der Waals surface area (Å²) in [7, 11) is 0. The van der Waals surface area contributed by atoms with Crippen molar-refractivity contribution < 1.29 is 9.53 Å². The lowest BCUT2D eigenvalue weighted by Crippen LogP contribution is -1.98. The maximum Gasteiger partial charge on any atom is 0.319 e. The van der Waals surface area contributed by atoms with E-state index in [2.05, 4.69) is 16.2 Å². The molecule has 0 aliphatic heterocycles. The molecular weight excluding hydrogens is 130 g/mol. The summed E-state index contributed by atoms with van der Waals surface area (Å²) in [4.78, 5) is 13.3. The number of carbonyl (C=O) groups excluding carboxylic acids is 1. The van der Waals surface area contributed by atoms with Crippen LogP contribution in [0.5, 0.6) is 0 Å². The number of hydrogen-bond acceptors (Lipinski definition) is 2. The molecule has 52 valence electrons. The largest absolute Gasteiger partial charge is 0.459 e. The monoisotopic (exact) mass is 137 g/mol. The van der Waals surface area contributed by atoms with Crippen LogP contribution in [0.2, 0.25) is 0 Å². The molecule has 3 heteroatoms. The Bertz CT molecular complexity index is 188. The van der Waals surface area contributed by atoms with E-state index in [1.165, 1.54) is 6.08 Å². The summed E-state index contributed by atoms with van der Waals surface area (Å²) >= 11 is 0. The Kier molecular flexibility index (Phi) is 4.70. The first-order valence-electron chi connectivity index (χ1n) is 2.62. The van der Waals surface area contributed by atoms with E-state index < -0.39 is 5.97 Å². The molecule has 0 saturated heterocycles. The number of esters is 1. The topological polar surface area (TPSA) is 30.7 Å². The molecule has 0 rings (SSSR count). The zero-order valence-corrected chi connectivity index (χ0v) is 5.41. The van der Waals surface area contributed by atoms with E-state index in [1.54, 1.807) is 0 Å². The molecule has 0 heterocycles. The van der Waals surface area contributed by atoms with Crippen molar-refractivity contribution in [3.05, 3.63) is 36.3 Å². The maximum atomic E-state index is 10.5. The van der Waals surface area contributed by atoms with Crippen LogP contribution in [0, 0.1) is 6.57 Å². The van der Waals surface area contributed by atoms with Crippen molar-refractivity contribution in [2.45, 2.75) is 0 Å². The van der Waals surface area contributed by atoms with Crippen LogP contribution in [0.25, 0.3) is 4.85 Å². The van der Waals surface area contributed by atoms with E-state index in [0.29, 0.717) is 0 Å². The molecule has 0 saturated carbocycles. The zero-order valence-electron chi connectivity index (χ0n) is 5.41. The zero-order chi connectivity index (χ0) is 7.82. The molecule has 0 aromatic carbocycles. The normalized spacial score (nSPS) is 8.70. The van der Waals surface area contributed by atoms with Crippen molar-refractivity contribution in [2.75, 3.05) is 6.61 Å². The van der Waals surface area contributed by atoms with Crippen molar-refractivity contribution in [3.63, 3.8) is 0 Å². The fourth-order valence-electron chi connectivity index (χ4n) is 0.287. The van der Waals surface area contributed by atoms with Crippen LogP contribution in [0.4, 0.5) is 0 Å². The Morgan fingerprint density at radius 3 is 3.00 bits per heavy atom. The highest BCUT2D eigenvalue weighted by molar-refractivity contribution is 5.82. The van der Waals surface area contributed by atoms with E-state index >= 15 is 0 Å². The van der Waals surface area contributed by atoms with Gasteiger partial charge < -0.3 is 4.74 Å². The summed E-state index contributed by atoms with van der Waals surface area (Å²) in [5.41, 5.74) is 0. The van der Waals surface area contributed by atoms with Gasteiger partial charge in [0.15, 0.2) is 6.20 Å². The second-order valence-corrected chi connectivity index (χ2v) is 1.36. The lowest BCUT2D eigenvalue weighted by Gasteiger charge is -1.92. The number of nitrogens with zero attached hydrogens (tertiary/aromatic N) is 1. The second kappa shape index (κ2) is 5.57. The van der Waals surface area contributed by atoms with Crippen molar-refractivity contribution >= 4 is 5.97 Å². The van der Waals surface area contributed by atoms with E-state index in [1.807, 2.05) is 0 Å². The molecule has 0 unspecified atom stereocenters. The lowest BCUT2D eigenvalue weighted by atomic mass is 10.6. The molecule has 0 bridgehead atoms. The quantitative estimate of drug-likeness (QED) is 0.253. The molecule has 0 atom stereocenters. The molecule has 0 amide bonds. The fraction of sp³-hybridized carbons (Fsp3) is 0.143. The van der Waals surface area contributed by atoms with E-state index in [9.17, 15) is 4.79 Å². The highest BCUT2D eigenvalue weighted by Crippen LogP contribution is 1.81. The second-order valence-electron chi connectivity index (χ2n) is 1.36. The predicted molar refractivity (Wildman–Crippen MR) is 36.9 cm³/mol. The average Bonchev–Trinajstić information content (AvgIpc) is 1.97. The van der Waals surface area contributed by atoms with Crippen LogP contribution in [-0.4, -0.2) is 12.6 Å². The fourth-order valence-corrected chi connectivity index (χ4v) is 0.287. The minimum atomic E-state index is -0.518. The van der Waals surface area contributed by atoms with Gasteiger partial charge >= 0.3 is 5.97 Å². The van der Waals surface area contributed by atoms with Crippen LogP contribution >= 0.6 is 0 Å². The summed E-state index contributed by atoms with van der Waals surface area (Å²) in [5, 5.41) is 0. The lowest BCUT2D eigenvalue weighted by molar-refractivity contribution is -0.136. The predicted octanol–water partition coefficient (Wildman–Crippen LogP) is 1.15. The number of carbonyl (C=O) groups is 1. The number of ether oxygens (including phenoxy) is 1. The summed E-state index contributed by atoms with van der Waals surface area (Å²) in [5.74, 6) is -0.518. The Hall–Kier alpha value is -1.56. The minimum absolute atomic E-state index is 0.182. The van der Waals surface area contributed by atoms with Crippen LogP contribution in [-0.2, 0) is 9.53 Å². The summed E-state index contributed by atoms with van der Waals surface area (Å²) in [6, 6.07) is 0. The van der Waals surface area contributed by atoms with Crippen LogP contribution < -0.4 is 0 Å². The molecule has 0 aromatic heterocycles. The summed E-state index contributed by atoms with van der Waals surface area (Å²) in [6.07, 6.45) is 3.57. The van der Waals surface area contributed by atoms with E-state index in [0.717, 1.165) is 12.3 Å². The van der Waals surface area contributed by atoms with Crippen molar-refractivity contribution in [3.8, 4) is 0 Å². The van der Waals surface area contributed by atoms with Gasteiger partial charge in [-0.05, 0) is 0 Å². The maximum absolute atomic E-state index is 10.5. The van der Waals surface area contributed by atoms with Gasteiger partial charge in [-0.25, -0.2) is 9.64 Å². The van der Waals surface area contributed by atoms with Gasteiger partial charge in [-0.3, -0.25) is 0 Å². The number of rotatable bonds is 3. The van der Waals surface area contributed by atoms with Crippen LogP contribution in [0.15, 0.2) is 24.9 Å². The molecule has 0 fully saturated rings. The minimum Gasteiger partial charge on any atom is -0.459 e. The van der Waals surface area contributed by atoms with E-state index in [-0.39, 0.29) is 6.61 Å². The molecule has 0 aliphatic rings. The highest BCUT2D eigenvalue weighted by Gasteiger charge is 1.90. The molecule has 0 radical (unpaired) electrons. The van der Waals surface area contributed by atoms with Gasteiger partial charge in [0.2, 0.25) is 0 Å². The first kappa shape index (κ1) is 8.44. The standard InChI is InChI=1S/C7H7NO2/c1-3-6-10-7(9)4-5-8-2/h3-5H,1,6H2. The van der Waals surface area contributed by atoms with Crippen molar-refractivity contribution in [2.24, 2.45) is 0 Å². The third kappa shape index (κ3) is 4.60. The van der Waals surface area contributed by atoms with Crippen LogP contribution in [0.1, 0.15) is 0 Å². The Morgan fingerprint density at radius 1 is 1.80 bits per heavy atom. The first-order chi connectivity index (χ1) is 4.81. The molecular formula is C7H7NO2. The molecule has 0 spiro atoms. The van der Waals surface area contributed by atoms with Crippen LogP contribution in [0.3, 0.4) is 0 Å². The molecule has 0 aromatic rings. The van der Waals surface area contributed by atoms with Gasteiger partial charge in [-0.2, -0.15) is 0 Å². The number of hydrogen-bond donors (Lipinski definition) is 0. The van der Waals surface area contributed by atoms with Gasteiger partial charge in [0, 0.05) is 6.08 Å². The Labute approximate surface area is 59.4 Å². The Morgan fingerprint density at radius 2 is 2.50 bits per heavy atom. The third-order valence-electron chi connectivity index (χ3n) is 0.629. The van der Waals surface area contributed by atoms with Gasteiger partial charge in [0.05, 0.1) is 6.57 Å². The summed E-state index contributed by atoms with van der Waals surface area (Å²) < 4.78 is 4.51.